The molecule has 5 nitrogen and oxygen atoms in total. The predicted octanol–water partition coefficient (Wildman–Crippen LogP) is 2.12. The molecule has 1 aromatic rings. The van der Waals surface area contributed by atoms with Crippen molar-refractivity contribution in [1.29, 1.82) is 0 Å². The van der Waals surface area contributed by atoms with E-state index >= 15 is 0 Å². The van der Waals surface area contributed by atoms with Gasteiger partial charge < -0.3 is 21.5 Å². The van der Waals surface area contributed by atoms with Gasteiger partial charge in [0.25, 0.3) is 0 Å². The molecule has 23 heavy (non-hydrogen) atoms. The van der Waals surface area contributed by atoms with Crippen molar-refractivity contribution in [2.75, 3.05) is 18.5 Å². The topological polar surface area (TPSA) is 90.4 Å². The highest BCUT2D eigenvalue weighted by molar-refractivity contribution is 5.92. The van der Waals surface area contributed by atoms with Crippen molar-refractivity contribution in [3.8, 4) is 5.75 Å². The van der Waals surface area contributed by atoms with Crippen LogP contribution in [0.4, 0.5) is 5.69 Å². The fourth-order valence-corrected chi connectivity index (χ4v) is 4.06. The van der Waals surface area contributed by atoms with Crippen molar-refractivity contribution >= 4 is 11.6 Å². The SMILES string of the molecule is NCCOc1ccc(NC(=O)C2CC3CCCC(C2)C3N)cc1. The van der Waals surface area contributed by atoms with E-state index in [0.29, 0.717) is 31.0 Å². The van der Waals surface area contributed by atoms with E-state index < -0.39 is 0 Å². The minimum absolute atomic E-state index is 0.0956. The van der Waals surface area contributed by atoms with Crippen LogP contribution in [0.3, 0.4) is 0 Å². The maximum Gasteiger partial charge on any atom is 0.227 e. The fourth-order valence-electron chi connectivity index (χ4n) is 4.06. The van der Waals surface area contributed by atoms with Crippen LogP contribution in [0.5, 0.6) is 5.75 Å². The Morgan fingerprint density at radius 2 is 1.83 bits per heavy atom. The molecule has 2 atom stereocenters. The number of hydrogen-bond donors (Lipinski definition) is 3. The lowest BCUT2D eigenvalue weighted by atomic mass is 9.65. The minimum Gasteiger partial charge on any atom is -0.492 e. The summed E-state index contributed by atoms with van der Waals surface area (Å²) in [4.78, 5) is 12.6. The molecule has 1 aromatic carbocycles. The molecule has 0 aliphatic heterocycles. The quantitative estimate of drug-likeness (QED) is 0.776. The summed E-state index contributed by atoms with van der Waals surface area (Å²) < 4.78 is 5.44. The molecule has 2 aliphatic rings. The average molecular weight is 317 g/mol. The Labute approximate surface area is 137 Å². The van der Waals surface area contributed by atoms with E-state index in [-0.39, 0.29) is 11.8 Å². The molecule has 3 rings (SSSR count). The summed E-state index contributed by atoms with van der Waals surface area (Å²) in [6, 6.07) is 7.76. The number of fused-ring (bicyclic) bond motifs is 2. The molecular weight excluding hydrogens is 290 g/mol. The molecule has 2 fully saturated rings. The number of anilines is 1. The van der Waals surface area contributed by atoms with Gasteiger partial charge in [-0.3, -0.25) is 4.79 Å². The van der Waals surface area contributed by atoms with Crippen molar-refractivity contribution in [2.24, 2.45) is 29.2 Å². The molecular formula is C18H27N3O2. The van der Waals surface area contributed by atoms with Crippen LogP contribution in [-0.4, -0.2) is 25.1 Å². The highest BCUT2D eigenvalue weighted by Crippen LogP contribution is 2.42. The Balaban J connectivity index is 1.56. The predicted molar refractivity (Wildman–Crippen MR) is 91.2 cm³/mol. The molecule has 126 valence electrons. The van der Waals surface area contributed by atoms with Crippen molar-refractivity contribution in [1.82, 2.24) is 0 Å². The zero-order chi connectivity index (χ0) is 16.2. The molecule has 2 bridgehead atoms. The minimum atomic E-state index is 0.0956. The second-order valence-electron chi connectivity index (χ2n) is 6.85. The largest absolute Gasteiger partial charge is 0.492 e. The van der Waals surface area contributed by atoms with E-state index in [2.05, 4.69) is 5.32 Å². The molecule has 1 amide bonds. The number of ether oxygens (including phenoxy) is 1. The lowest BCUT2D eigenvalue weighted by molar-refractivity contribution is -0.122. The summed E-state index contributed by atoms with van der Waals surface area (Å²) in [5, 5.41) is 3.04. The van der Waals surface area contributed by atoms with Crippen LogP contribution < -0.4 is 21.5 Å². The normalized spacial score (nSPS) is 29.8. The van der Waals surface area contributed by atoms with Gasteiger partial charge in [0, 0.05) is 24.2 Å². The van der Waals surface area contributed by atoms with Crippen LogP contribution in [0.1, 0.15) is 32.1 Å². The second kappa shape index (κ2) is 7.32. The number of hydrogen-bond acceptors (Lipinski definition) is 4. The van der Waals surface area contributed by atoms with E-state index in [4.69, 9.17) is 16.2 Å². The van der Waals surface area contributed by atoms with E-state index in [1.165, 1.54) is 19.3 Å². The Morgan fingerprint density at radius 3 is 2.43 bits per heavy atom. The first-order valence-electron chi connectivity index (χ1n) is 8.66. The van der Waals surface area contributed by atoms with Gasteiger partial charge in [0.15, 0.2) is 0 Å². The van der Waals surface area contributed by atoms with Crippen LogP contribution in [0, 0.1) is 17.8 Å². The van der Waals surface area contributed by atoms with E-state index in [1.54, 1.807) is 0 Å². The smallest absolute Gasteiger partial charge is 0.227 e. The highest BCUT2D eigenvalue weighted by Gasteiger charge is 2.40. The monoisotopic (exact) mass is 317 g/mol. The lowest BCUT2D eigenvalue weighted by Crippen LogP contribution is -2.48. The summed E-state index contributed by atoms with van der Waals surface area (Å²) in [6.07, 6.45) is 5.48. The molecule has 0 radical (unpaired) electrons. The maximum absolute atomic E-state index is 12.6. The van der Waals surface area contributed by atoms with Crippen molar-refractivity contribution in [3.63, 3.8) is 0 Å². The van der Waals surface area contributed by atoms with E-state index in [1.807, 2.05) is 24.3 Å². The zero-order valence-electron chi connectivity index (χ0n) is 13.5. The van der Waals surface area contributed by atoms with Gasteiger partial charge in [-0.05, 0) is 61.8 Å². The number of benzene rings is 1. The van der Waals surface area contributed by atoms with Crippen molar-refractivity contribution in [2.45, 2.75) is 38.1 Å². The number of nitrogens with one attached hydrogen (secondary N) is 1. The van der Waals surface area contributed by atoms with Crippen molar-refractivity contribution in [3.05, 3.63) is 24.3 Å². The summed E-state index contributed by atoms with van der Waals surface area (Å²) in [6.45, 7) is 0.988. The maximum atomic E-state index is 12.6. The van der Waals surface area contributed by atoms with Crippen LogP contribution in [0.2, 0.25) is 0 Å². The number of nitrogens with two attached hydrogens (primary N) is 2. The molecule has 2 aliphatic carbocycles. The summed E-state index contributed by atoms with van der Waals surface area (Å²) >= 11 is 0. The Bertz CT molecular complexity index is 518. The summed E-state index contributed by atoms with van der Waals surface area (Å²) in [5.74, 6) is 2.03. The van der Waals surface area contributed by atoms with Crippen LogP contribution in [-0.2, 0) is 4.79 Å². The summed E-state index contributed by atoms with van der Waals surface area (Å²) in [7, 11) is 0. The lowest BCUT2D eigenvalue weighted by Gasteiger charge is -2.43. The molecule has 0 heterocycles. The van der Waals surface area contributed by atoms with Crippen LogP contribution >= 0.6 is 0 Å². The zero-order valence-corrected chi connectivity index (χ0v) is 13.5. The van der Waals surface area contributed by atoms with Gasteiger partial charge in [-0.25, -0.2) is 0 Å². The first kappa shape index (κ1) is 16.3. The van der Waals surface area contributed by atoms with Gasteiger partial charge in [0.1, 0.15) is 12.4 Å². The summed E-state index contributed by atoms with van der Waals surface area (Å²) in [5.41, 5.74) is 12.5. The molecule has 0 spiro atoms. The Kier molecular flexibility index (Phi) is 5.18. The van der Waals surface area contributed by atoms with E-state index in [9.17, 15) is 4.79 Å². The highest BCUT2D eigenvalue weighted by atomic mass is 16.5. The molecule has 2 unspecified atom stereocenters. The van der Waals surface area contributed by atoms with Crippen molar-refractivity contribution < 1.29 is 9.53 Å². The van der Waals surface area contributed by atoms with Crippen LogP contribution in [0.15, 0.2) is 24.3 Å². The first-order chi connectivity index (χ1) is 11.2. The number of carbonyl (C=O) groups is 1. The molecule has 5 heteroatoms. The van der Waals surface area contributed by atoms with Gasteiger partial charge >= 0.3 is 0 Å². The number of amides is 1. The standard InChI is InChI=1S/C18H27N3O2/c19-8-9-23-16-6-4-15(5-7-16)21-18(22)14-10-12-2-1-3-13(11-14)17(12)20/h4-7,12-14,17H,1-3,8-11,19-20H2,(H,21,22). The fraction of sp³-hybridized carbons (Fsp3) is 0.611. The van der Waals surface area contributed by atoms with Gasteiger partial charge in [-0.2, -0.15) is 0 Å². The number of carbonyl (C=O) groups excluding carboxylic acids is 1. The average Bonchev–Trinajstić information content (AvgIpc) is 2.54. The molecule has 0 saturated heterocycles. The molecule has 0 aromatic heterocycles. The number of rotatable bonds is 5. The molecule has 2 saturated carbocycles. The van der Waals surface area contributed by atoms with Crippen LogP contribution in [0.25, 0.3) is 0 Å². The second-order valence-corrected chi connectivity index (χ2v) is 6.85. The van der Waals surface area contributed by atoms with Gasteiger partial charge in [-0.1, -0.05) is 6.42 Å². The Morgan fingerprint density at radius 1 is 1.17 bits per heavy atom. The van der Waals surface area contributed by atoms with E-state index in [0.717, 1.165) is 24.3 Å². The third-order valence-electron chi connectivity index (χ3n) is 5.29. The third kappa shape index (κ3) is 3.85. The molecule has 5 N–H and O–H groups in total. The third-order valence-corrected chi connectivity index (χ3v) is 5.29. The first-order valence-corrected chi connectivity index (χ1v) is 8.66. The van der Waals surface area contributed by atoms with Gasteiger partial charge in [0.05, 0.1) is 0 Å². The van der Waals surface area contributed by atoms with Gasteiger partial charge in [0.2, 0.25) is 5.91 Å². The Hall–Kier alpha value is -1.59. The van der Waals surface area contributed by atoms with Gasteiger partial charge in [-0.15, -0.1) is 0 Å².